The van der Waals surface area contributed by atoms with Gasteiger partial charge in [0.15, 0.2) is 0 Å². The lowest BCUT2D eigenvalue weighted by molar-refractivity contribution is -0.134. The van der Waals surface area contributed by atoms with Gasteiger partial charge in [-0.05, 0) is 23.6 Å². The summed E-state index contributed by atoms with van der Waals surface area (Å²) in [5.41, 5.74) is 0.975. The van der Waals surface area contributed by atoms with E-state index >= 15 is 0 Å². The highest BCUT2D eigenvalue weighted by atomic mass is 16.5. The molecule has 1 aliphatic rings. The summed E-state index contributed by atoms with van der Waals surface area (Å²) in [5, 5.41) is 5.74. The van der Waals surface area contributed by atoms with Crippen molar-refractivity contribution >= 4 is 11.8 Å². The summed E-state index contributed by atoms with van der Waals surface area (Å²) in [6.07, 6.45) is 0.152. The Labute approximate surface area is 155 Å². The molecule has 0 unspecified atom stereocenters. The molecule has 7 heteroatoms. The number of carbonyl (C=O) groups excluding carboxylic acids is 2. The van der Waals surface area contributed by atoms with Gasteiger partial charge in [0.25, 0.3) is 0 Å². The number of piperazine rings is 1. The third-order valence-corrected chi connectivity index (χ3v) is 4.32. The van der Waals surface area contributed by atoms with Gasteiger partial charge >= 0.3 is 0 Å². The van der Waals surface area contributed by atoms with Crippen molar-refractivity contribution in [3.63, 3.8) is 0 Å². The molecule has 0 saturated carbocycles. The van der Waals surface area contributed by atoms with Gasteiger partial charge in [-0.1, -0.05) is 13.8 Å². The van der Waals surface area contributed by atoms with Crippen LogP contribution in [0.15, 0.2) is 18.2 Å². The Kier molecular flexibility index (Phi) is 7.26. The van der Waals surface area contributed by atoms with E-state index < -0.39 is 6.04 Å². The SMILES string of the molecule is COc1cc(CN2CCNC(=O)[C@H]2CC(=O)NCC(C)C)cc(OC)c1. The van der Waals surface area contributed by atoms with Crippen molar-refractivity contribution in [2.75, 3.05) is 33.9 Å². The summed E-state index contributed by atoms with van der Waals surface area (Å²) in [6.45, 7) is 6.49. The van der Waals surface area contributed by atoms with Gasteiger partial charge < -0.3 is 20.1 Å². The molecule has 0 bridgehead atoms. The molecule has 7 nitrogen and oxygen atoms in total. The van der Waals surface area contributed by atoms with Gasteiger partial charge in [0, 0.05) is 32.2 Å². The van der Waals surface area contributed by atoms with Gasteiger partial charge in [0.05, 0.1) is 26.7 Å². The zero-order valence-electron chi connectivity index (χ0n) is 16.0. The van der Waals surface area contributed by atoms with Crippen molar-refractivity contribution in [2.24, 2.45) is 5.92 Å². The fourth-order valence-electron chi connectivity index (χ4n) is 2.93. The maximum Gasteiger partial charge on any atom is 0.237 e. The maximum absolute atomic E-state index is 12.3. The van der Waals surface area contributed by atoms with Gasteiger partial charge in [0.2, 0.25) is 11.8 Å². The number of rotatable bonds is 8. The second-order valence-electron chi connectivity index (χ2n) is 6.90. The Morgan fingerprint density at radius 1 is 1.27 bits per heavy atom. The highest BCUT2D eigenvalue weighted by Gasteiger charge is 2.31. The number of hydrogen-bond donors (Lipinski definition) is 2. The maximum atomic E-state index is 12.3. The molecule has 2 amide bonds. The molecular weight excluding hydrogens is 334 g/mol. The number of methoxy groups -OCH3 is 2. The van der Waals surface area contributed by atoms with Crippen LogP contribution in [0, 0.1) is 5.92 Å². The second kappa shape index (κ2) is 9.43. The molecule has 26 heavy (non-hydrogen) atoms. The van der Waals surface area contributed by atoms with Crippen molar-refractivity contribution in [1.82, 2.24) is 15.5 Å². The average Bonchev–Trinajstić information content (AvgIpc) is 2.62. The lowest BCUT2D eigenvalue weighted by atomic mass is 10.1. The highest BCUT2D eigenvalue weighted by molar-refractivity contribution is 5.88. The Bertz CT molecular complexity index is 611. The molecule has 1 atom stereocenters. The third-order valence-electron chi connectivity index (χ3n) is 4.32. The van der Waals surface area contributed by atoms with Crippen LogP contribution in [0.4, 0.5) is 0 Å². The highest BCUT2D eigenvalue weighted by Crippen LogP contribution is 2.24. The van der Waals surface area contributed by atoms with Crippen LogP contribution < -0.4 is 20.1 Å². The van der Waals surface area contributed by atoms with Crippen LogP contribution in [-0.2, 0) is 16.1 Å². The van der Waals surface area contributed by atoms with E-state index in [0.717, 1.165) is 5.56 Å². The molecule has 0 aliphatic carbocycles. The second-order valence-corrected chi connectivity index (χ2v) is 6.90. The van der Waals surface area contributed by atoms with Crippen LogP contribution in [0.25, 0.3) is 0 Å². The molecule has 0 aromatic heterocycles. The minimum absolute atomic E-state index is 0.103. The lowest BCUT2D eigenvalue weighted by Gasteiger charge is -2.34. The van der Waals surface area contributed by atoms with Crippen molar-refractivity contribution in [2.45, 2.75) is 32.9 Å². The van der Waals surface area contributed by atoms with E-state index in [1.807, 2.05) is 36.9 Å². The van der Waals surface area contributed by atoms with E-state index in [1.165, 1.54) is 0 Å². The molecule has 1 fully saturated rings. The number of nitrogens with zero attached hydrogens (tertiary/aromatic N) is 1. The normalized spacial score (nSPS) is 17.7. The topological polar surface area (TPSA) is 79.9 Å². The summed E-state index contributed by atoms with van der Waals surface area (Å²) in [5.74, 6) is 1.57. The number of amides is 2. The zero-order chi connectivity index (χ0) is 19.1. The first-order valence-electron chi connectivity index (χ1n) is 8.93. The largest absolute Gasteiger partial charge is 0.497 e. The minimum atomic E-state index is -0.479. The number of ether oxygens (including phenoxy) is 2. The van der Waals surface area contributed by atoms with Gasteiger partial charge in [-0.25, -0.2) is 0 Å². The number of nitrogens with one attached hydrogen (secondary N) is 2. The summed E-state index contributed by atoms with van der Waals surface area (Å²) >= 11 is 0. The van der Waals surface area contributed by atoms with Crippen molar-refractivity contribution in [3.05, 3.63) is 23.8 Å². The fraction of sp³-hybridized carbons (Fsp3) is 0.579. The van der Waals surface area contributed by atoms with Gasteiger partial charge in [-0.2, -0.15) is 0 Å². The molecular formula is C19H29N3O4. The van der Waals surface area contributed by atoms with Crippen LogP contribution in [0.5, 0.6) is 11.5 Å². The zero-order valence-corrected chi connectivity index (χ0v) is 16.0. The van der Waals surface area contributed by atoms with E-state index in [-0.39, 0.29) is 18.2 Å². The summed E-state index contributed by atoms with van der Waals surface area (Å²) < 4.78 is 10.6. The monoisotopic (exact) mass is 363 g/mol. The minimum Gasteiger partial charge on any atom is -0.497 e. The molecule has 144 valence electrons. The first kappa shape index (κ1) is 20.0. The smallest absolute Gasteiger partial charge is 0.237 e. The number of benzene rings is 1. The van der Waals surface area contributed by atoms with Crippen LogP contribution in [0.3, 0.4) is 0 Å². The Hall–Kier alpha value is -2.28. The molecule has 1 aliphatic heterocycles. The first-order chi connectivity index (χ1) is 12.4. The Morgan fingerprint density at radius 3 is 2.50 bits per heavy atom. The molecule has 2 N–H and O–H groups in total. The molecule has 1 saturated heterocycles. The van der Waals surface area contributed by atoms with E-state index in [4.69, 9.17) is 9.47 Å². The van der Waals surface area contributed by atoms with Crippen LogP contribution in [0.2, 0.25) is 0 Å². The quantitative estimate of drug-likeness (QED) is 0.725. The standard InChI is InChI=1S/C19H29N3O4/c1-13(2)11-21-18(23)10-17-19(24)20-5-6-22(17)12-14-7-15(25-3)9-16(8-14)26-4/h7-9,13,17H,5-6,10-12H2,1-4H3,(H,20,24)(H,21,23)/t17-/m1/s1. The van der Waals surface area contributed by atoms with Gasteiger partial charge in [-0.3, -0.25) is 14.5 Å². The number of carbonyl (C=O) groups is 2. The number of hydrogen-bond acceptors (Lipinski definition) is 5. The molecule has 2 rings (SSSR count). The Morgan fingerprint density at radius 2 is 1.92 bits per heavy atom. The van der Waals surface area contributed by atoms with Crippen LogP contribution >= 0.6 is 0 Å². The molecule has 1 aromatic rings. The van der Waals surface area contributed by atoms with E-state index in [9.17, 15) is 9.59 Å². The van der Waals surface area contributed by atoms with E-state index in [2.05, 4.69) is 10.6 Å². The first-order valence-corrected chi connectivity index (χ1v) is 8.93. The average molecular weight is 363 g/mol. The molecule has 0 spiro atoms. The predicted molar refractivity (Wildman–Crippen MR) is 99.2 cm³/mol. The third kappa shape index (κ3) is 5.62. The van der Waals surface area contributed by atoms with Gasteiger partial charge in [-0.15, -0.1) is 0 Å². The molecule has 1 heterocycles. The summed E-state index contributed by atoms with van der Waals surface area (Å²) in [6, 6.07) is 5.17. The van der Waals surface area contributed by atoms with Crippen LogP contribution in [-0.4, -0.2) is 56.6 Å². The summed E-state index contributed by atoms with van der Waals surface area (Å²) in [4.78, 5) is 26.6. The van der Waals surface area contributed by atoms with Crippen molar-refractivity contribution in [1.29, 1.82) is 0 Å². The predicted octanol–water partition coefficient (Wildman–Crippen LogP) is 1.17. The van der Waals surface area contributed by atoms with E-state index in [0.29, 0.717) is 43.6 Å². The van der Waals surface area contributed by atoms with Crippen molar-refractivity contribution < 1.29 is 19.1 Å². The van der Waals surface area contributed by atoms with Crippen molar-refractivity contribution in [3.8, 4) is 11.5 Å². The van der Waals surface area contributed by atoms with Crippen LogP contribution in [0.1, 0.15) is 25.8 Å². The fourth-order valence-corrected chi connectivity index (χ4v) is 2.93. The summed E-state index contributed by atoms with van der Waals surface area (Å²) in [7, 11) is 3.21. The lowest BCUT2D eigenvalue weighted by Crippen LogP contribution is -2.56. The Balaban J connectivity index is 2.10. The van der Waals surface area contributed by atoms with E-state index in [1.54, 1.807) is 14.2 Å². The molecule has 0 radical (unpaired) electrons. The molecule has 1 aromatic carbocycles. The van der Waals surface area contributed by atoms with Gasteiger partial charge in [0.1, 0.15) is 11.5 Å².